The average Bonchev–Trinajstić information content (AvgIpc) is 2.35. The van der Waals surface area contributed by atoms with Gasteiger partial charge in [0, 0.05) is 18.7 Å². The van der Waals surface area contributed by atoms with E-state index in [1.807, 2.05) is 12.1 Å². The number of anilines is 3. The maximum atomic E-state index is 11.4. The first-order valence-corrected chi connectivity index (χ1v) is 7.02. The molecular formula is C15H23N3O. The first-order chi connectivity index (χ1) is 9.06. The molecule has 0 bridgehead atoms. The number of carbonyl (C=O) groups excluding carboxylic acids is 1. The van der Waals surface area contributed by atoms with Crippen LogP contribution < -0.4 is 16.4 Å². The van der Waals surface area contributed by atoms with Crippen LogP contribution in [-0.4, -0.2) is 12.5 Å². The number of benzene rings is 1. The zero-order valence-corrected chi connectivity index (χ0v) is 11.8. The molecule has 1 heterocycles. The third-order valence-corrected chi connectivity index (χ3v) is 3.44. The Hall–Kier alpha value is -1.71. The van der Waals surface area contributed by atoms with Crippen LogP contribution in [0.25, 0.3) is 0 Å². The van der Waals surface area contributed by atoms with Gasteiger partial charge in [0.15, 0.2) is 0 Å². The Balaban J connectivity index is 2.01. The van der Waals surface area contributed by atoms with E-state index >= 15 is 0 Å². The summed E-state index contributed by atoms with van der Waals surface area (Å²) in [5.41, 5.74) is 9.76. The van der Waals surface area contributed by atoms with Crippen molar-refractivity contribution in [3.63, 3.8) is 0 Å². The predicted octanol–water partition coefficient (Wildman–Crippen LogP) is 3.00. The Morgan fingerprint density at radius 3 is 2.89 bits per heavy atom. The van der Waals surface area contributed by atoms with Gasteiger partial charge in [-0.2, -0.15) is 0 Å². The molecule has 1 aliphatic rings. The number of nitrogen functional groups attached to an aromatic ring is 1. The lowest BCUT2D eigenvalue weighted by molar-refractivity contribution is -0.116. The van der Waals surface area contributed by atoms with E-state index in [0.29, 0.717) is 6.42 Å². The third-order valence-electron chi connectivity index (χ3n) is 3.44. The molecule has 19 heavy (non-hydrogen) atoms. The monoisotopic (exact) mass is 261 g/mol. The maximum absolute atomic E-state index is 11.4. The van der Waals surface area contributed by atoms with Gasteiger partial charge in [0.2, 0.25) is 5.91 Å². The summed E-state index contributed by atoms with van der Waals surface area (Å²) in [5.74, 6) is 0.810. The standard InChI is InChI=1S/C15H23N3O/c1-10(2)4-3-7-17-14-9-13-11(8-12(14)16)5-6-15(19)18-13/h8-10,17H,3-7,16H2,1-2H3,(H,18,19). The minimum absolute atomic E-state index is 0.0861. The Labute approximate surface area is 114 Å². The highest BCUT2D eigenvalue weighted by Gasteiger charge is 2.16. The van der Waals surface area contributed by atoms with Crippen LogP contribution >= 0.6 is 0 Å². The van der Waals surface area contributed by atoms with Crippen LogP contribution in [0.15, 0.2) is 12.1 Å². The van der Waals surface area contributed by atoms with Gasteiger partial charge in [-0.25, -0.2) is 0 Å². The van der Waals surface area contributed by atoms with Crippen LogP contribution in [0.5, 0.6) is 0 Å². The Kier molecular flexibility index (Phi) is 4.30. The van der Waals surface area contributed by atoms with Crippen LogP contribution in [0.2, 0.25) is 0 Å². The summed E-state index contributed by atoms with van der Waals surface area (Å²) in [4.78, 5) is 11.4. The molecule has 0 spiro atoms. The molecule has 4 heteroatoms. The first-order valence-electron chi connectivity index (χ1n) is 7.02. The molecule has 0 aromatic heterocycles. The highest BCUT2D eigenvalue weighted by atomic mass is 16.1. The van der Waals surface area contributed by atoms with E-state index in [0.717, 1.165) is 47.9 Å². The lowest BCUT2D eigenvalue weighted by Crippen LogP contribution is -2.19. The van der Waals surface area contributed by atoms with Gasteiger partial charge >= 0.3 is 0 Å². The zero-order valence-electron chi connectivity index (χ0n) is 11.8. The molecule has 0 unspecified atom stereocenters. The molecule has 0 saturated heterocycles. The van der Waals surface area contributed by atoms with Crippen LogP contribution in [0.1, 0.15) is 38.7 Å². The molecule has 0 aliphatic carbocycles. The van der Waals surface area contributed by atoms with E-state index in [4.69, 9.17) is 5.73 Å². The minimum atomic E-state index is 0.0861. The molecule has 1 aromatic carbocycles. The van der Waals surface area contributed by atoms with Gasteiger partial charge < -0.3 is 16.4 Å². The summed E-state index contributed by atoms with van der Waals surface area (Å²) in [6.07, 6.45) is 3.65. The van der Waals surface area contributed by atoms with Crippen molar-refractivity contribution < 1.29 is 4.79 Å². The van der Waals surface area contributed by atoms with Crippen molar-refractivity contribution in [1.82, 2.24) is 0 Å². The van der Waals surface area contributed by atoms with Crippen molar-refractivity contribution in [3.05, 3.63) is 17.7 Å². The fraction of sp³-hybridized carbons (Fsp3) is 0.533. The van der Waals surface area contributed by atoms with E-state index in [1.165, 1.54) is 6.42 Å². The molecule has 1 aromatic rings. The van der Waals surface area contributed by atoms with Gasteiger partial charge in [0.1, 0.15) is 0 Å². The largest absolute Gasteiger partial charge is 0.397 e. The summed E-state index contributed by atoms with van der Waals surface area (Å²) in [6.45, 7) is 5.36. The second-order valence-corrected chi connectivity index (χ2v) is 5.61. The van der Waals surface area contributed by atoms with Gasteiger partial charge in [-0.1, -0.05) is 13.8 Å². The number of rotatable bonds is 5. The molecule has 0 fully saturated rings. The third kappa shape index (κ3) is 3.63. The molecule has 104 valence electrons. The van der Waals surface area contributed by atoms with Gasteiger partial charge in [-0.3, -0.25) is 4.79 Å². The molecule has 4 N–H and O–H groups in total. The van der Waals surface area contributed by atoms with E-state index in [1.54, 1.807) is 0 Å². The second kappa shape index (κ2) is 5.95. The lowest BCUT2D eigenvalue weighted by Gasteiger charge is -2.20. The van der Waals surface area contributed by atoms with E-state index in [-0.39, 0.29) is 5.91 Å². The summed E-state index contributed by atoms with van der Waals surface area (Å²) in [7, 11) is 0. The number of hydrogen-bond donors (Lipinski definition) is 3. The fourth-order valence-electron chi connectivity index (χ4n) is 2.33. The van der Waals surface area contributed by atoms with Gasteiger partial charge in [-0.05, 0) is 42.9 Å². The van der Waals surface area contributed by atoms with Crippen molar-refractivity contribution in [3.8, 4) is 0 Å². The maximum Gasteiger partial charge on any atom is 0.224 e. The second-order valence-electron chi connectivity index (χ2n) is 5.61. The van der Waals surface area contributed by atoms with Crippen LogP contribution in [0, 0.1) is 5.92 Å². The fourth-order valence-corrected chi connectivity index (χ4v) is 2.33. The number of nitrogens with two attached hydrogens (primary N) is 1. The molecule has 1 aliphatic heterocycles. The zero-order chi connectivity index (χ0) is 13.8. The highest BCUT2D eigenvalue weighted by Crippen LogP contribution is 2.31. The average molecular weight is 261 g/mol. The highest BCUT2D eigenvalue weighted by molar-refractivity contribution is 5.95. The summed E-state index contributed by atoms with van der Waals surface area (Å²) in [5, 5.41) is 6.26. The Morgan fingerprint density at radius 1 is 1.37 bits per heavy atom. The topological polar surface area (TPSA) is 67.1 Å². The van der Waals surface area contributed by atoms with E-state index in [9.17, 15) is 4.79 Å². The van der Waals surface area contributed by atoms with E-state index in [2.05, 4.69) is 24.5 Å². The molecular weight excluding hydrogens is 238 g/mol. The van der Waals surface area contributed by atoms with Crippen molar-refractivity contribution in [2.75, 3.05) is 22.9 Å². The van der Waals surface area contributed by atoms with Gasteiger partial charge in [0.05, 0.1) is 11.4 Å². The number of hydrogen-bond acceptors (Lipinski definition) is 3. The summed E-state index contributed by atoms with van der Waals surface area (Å²) in [6, 6.07) is 3.93. The molecule has 2 rings (SSSR count). The first kappa shape index (κ1) is 13.7. The molecule has 0 atom stereocenters. The number of carbonyl (C=O) groups is 1. The van der Waals surface area contributed by atoms with Crippen LogP contribution in [0.3, 0.4) is 0 Å². The van der Waals surface area contributed by atoms with Crippen molar-refractivity contribution >= 4 is 23.0 Å². The SMILES string of the molecule is CC(C)CCCNc1cc2c(cc1N)CCC(=O)N2. The van der Waals surface area contributed by atoms with E-state index < -0.39 is 0 Å². The Morgan fingerprint density at radius 2 is 2.16 bits per heavy atom. The molecule has 1 amide bonds. The normalized spacial score (nSPS) is 14.2. The Bertz CT molecular complexity index is 469. The molecule has 4 nitrogen and oxygen atoms in total. The van der Waals surface area contributed by atoms with Crippen molar-refractivity contribution in [2.24, 2.45) is 5.92 Å². The van der Waals surface area contributed by atoms with Crippen LogP contribution in [-0.2, 0) is 11.2 Å². The van der Waals surface area contributed by atoms with Gasteiger partial charge in [0.25, 0.3) is 0 Å². The molecule has 0 saturated carbocycles. The molecule has 0 radical (unpaired) electrons. The number of fused-ring (bicyclic) bond motifs is 1. The van der Waals surface area contributed by atoms with Crippen molar-refractivity contribution in [1.29, 1.82) is 0 Å². The number of aryl methyl sites for hydroxylation is 1. The van der Waals surface area contributed by atoms with Gasteiger partial charge in [-0.15, -0.1) is 0 Å². The number of amides is 1. The summed E-state index contributed by atoms with van der Waals surface area (Å²) < 4.78 is 0. The number of nitrogens with one attached hydrogen (secondary N) is 2. The van der Waals surface area contributed by atoms with Crippen LogP contribution in [0.4, 0.5) is 17.1 Å². The minimum Gasteiger partial charge on any atom is -0.397 e. The van der Waals surface area contributed by atoms with Crippen molar-refractivity contribution in [2.45, 2.75) is 39.5 Å². The predicted molar refractivity (Wildman–Crippen MR) is 80.4 cm³/mol. The summed E-state index contributed by atoms with van der Waals surface area (Å²) >= 11 is 0. The lowest BCUT2D eigenvalue weighted by atomic mass is 10.0. The smallest absolute Gasteiger partial charge is 0.224 e. The quantitative estimate of drug-likeness (QED) is 0.564.